The van der Waals surface area contributed by atoms with Gasteiger partial charge in [0, 0.05) is 23.7 Å². The second kappa shape index (κ2) is 11.9. The SMILES string of the molecule is CC1=C(c2ccc(O)cc2)[C@H](c2ccc(OCCN3CCCCC3)cc2)Oc2cc(O[Si](C)(C)C(C)(C)C)ccc21. The first-order chi connectivity index (χ1) is 19.5. The molecule has 3 aromatic carbocycles. The number of hydrogen-bond acceptors (Lipinski definition) is 5. The van der Waals surface area contributed by atoms with E-state index >= 15 is 0 Å². The third-order valence-electron chi connectivity index (χ3n) is 8.93. The molecule has 5 nitrogen and oxygen atoms in total. The predicted octanol–water partition coefficient (Wildman–Crippen LogP) is 8.71. The lowest BCUT2D eigenvalue weighted by Crippen LogP contribution is -2.43. The fraction of sp³-hybridized carbons (Fsp3) is 0.429. The van der Waals surface area contributed by atoms with Crippen LogP contribution in [-0.4, -0.2) is 44.6 Å². The Morgan fingerprint density at radius 2 is 1.56 bits per heavy atom. The van der Waals surface area contributed by atoms with Crippen molar-refractivity contribution in [3.8, 4) is 23.0 Å². The highest BCUT2D eigenvalue weighted by Crippen LogP contribution is 2.48. The van der Waals surface area contributed by atoms with Crippen LogP contribution in [0, 0.1) is 0 Å². The van der Waals surface area contributed by atoms with Crippen molar-refractivity contribution in [1.29, 1.82) is 0 Å². The second-order valence-electron chi connectivity index (χ2n) is 12.9. The third kappa shape index (κ3) is 6.65. The van der Waals surface area contributed by atoms with Gasteiger partial charge in [-0.1, -0.05) is 51.5 Å². The number of fused-ring (bicyclic) bond motifs is 1. The fourth-order valence-corrected chi connectivity index (χ4v) is 6.43. The lowest BCUT2D eigenvalue weighted by molar-refractivity contribution is 0.183. The molecule has 218 valence electrons. The molecular formula is C35H45NO4Si. The van der Waals surface area contributed by atoms with Crippen LogP contribution in [-0.2, 0) is 0 Å². The molecule has 6 heteroatoms. The summed E-state index contributed by atoms with van der Waals surface area (Å²) in [4.78, 5) is 2.49. The zero-order valence-corrected chi connectivity index (χ0v) is 26.5. The van der Waals surface area contributed by atoms with E-state index in [4.69, 9.17) is 13.9 Å². The van der Waals surface area contributed by atoms with Crippen LogP contribution in [0.5, 0.6) is 23.0 Å². The van der Waals surface area contributed by atoms with Crippen LogP contribution in [0.25, 0.3) is 11.1 Å². The lowest BCUT2D eigenvalue weighted by Gasteiger charge is -2.37. The molecule has 41 heavy (non-hydrogen) atoms. The van der Waals surface area contributed by atoms with E-state index in [2.05, 4.69) is 76.0 Å². The molecule has 2 heterocycles. The Kier molecular flexibility index (Phi) is 8.53. The number of nitrogens with zero attached hydrogens (tertiary/aromatic N) is 1. The Morgan fingerprint density at radius 1 is 0.902 bits per heavy atom. The predicted molar refractivity (Wildman–Crippen MR) is 170 cm³/mol. The van der Waals surface area contributed by atoms with Gasteiger partial charge in [0.2, 0.25) is 8.32 Å². The molecule has 0 radical (unpaired) electrons. The number of aromatic hydroxyl groups is 1. The molecule has 0 aromatic heterocycles. The second-order valence-corrected chi connectivity index (χ2v) is 17.6. The minimum atomic E-state index is -2.00. The summed E-state index contributed by atoms with van der Waals surface area (Å²) in [6.07, 6.45) is 3.62. The molecule has 5 rings (SSSR count). The number of ether oxygens (including phenoxy) is 2. The van der Waals surface area contributed by atoms with Crippen molar-refractivity contribution < 1.29 is 19.0 Å². The first kappa shape index (κ1) is 29.3. The maximum Gasteiger partial charge on any atom is 0.250 e. The van der Waals surface area contributed by atoms with Gasteiger partial charge in [0.25, 0.3) is 0 Å². The third-order valence-corrected chi connectivity index (χ3v) is 13.3. The van der Waals surface area contributed by atoms with E-state index in [1.165, 1.54) is 32.4 Å². The number of likely N-dealkylation sites (tertiary alicyclic amines) is 1. The van der Waals surface area contributed by atoms with Crippen LogP contribution in [0.1, 0.15) is 69.8 Å². The first-order valence-electron chi connectivity index (χ1n) is 15.0. The van der Waals surface area contributed by atoms with Gasteiger partial charge >= 0.3 is 0 Å². The number of piperidine rings is 1. The van der Waals surface area contributed by atoms with Gasteiger partial charge < -0.3 is 19.0 Å². The van der Waals surface area contributed by atoms with Crippen LogP contribution in [0.2, 0.25) is 18.1 Å². The first-order valence-corrected chi connectivity index (χ1v) is 17.9. The zero-order chi connectivity index (χ0) is 29.2. The van der Waals surface area contributed by atoms with Gasteiger partial charge in [-0.2, -0.15) is 0 Å². The van der Waals surface area contributed by atoms with Crippen molar-refractivity contribution in [2.45, 2.75) is 71.2 Å². The zero-order valence-electron chi connectivity index (χ0n) is 25.5. The molecule has 0 amide bonds. The summed E-state index contributed by atoms with van der Waals surface area (Å²) in [5, 5.41) is 10.1. The van der Waals surface area contributed by atoms with Crippen LogP contribution < -0.4 is 13.9 Å². The minimum Gasteiger partial charge on any atom is -0.543 e. The molecule has 0 aliphatic carbocycles. The molecule has 1 saturated heterocycles. The molecule has 2 aliphatic rings. The molecule has 0 spiro atoms. The number of rotatable bonds is 8. The summed E-state index contributed by atoms with van der Waals surface area (Å²) < 4.78 is 19.5. The number of benzene rings is 3. The smallest absolute Gasteiger partial charge is 0.250 e. The van der Waals surface area contributed by atoms with E-state index in [0.29, 0.717) is 6.61 Å². The number of hydrogen-bond donors (Lipinski definition) is 1. The highest BCUT2D eigenvalue weighted by atomic mass is 28.4. The molecule has 0 unspecified atom stereocenters. The summed E-state index contributed by atoms with van der Waals surface area (Å²) in [7, 11) is -2.00. The Labute approximate surface area is 246 Å². The molecule has 1 fully saturated rings. The highest BCUT2D eigenvalue weighted by Gasteiger charge is 2.39. The lowest BCUT2D eigenvalue weighted by atomic mass is 9.86. The van der Waals surface area contributed by atoms with Gasteiger partial charge in [-0.3, -0.25) is 4.90 Å². The number of allylic oxidation sites excluding steroid dienone is 1. The van der Waals surface area contributed by atoms with Gasteiger partial charge in [0.1, 0.15) is 35.7 Å². The van der Waals surface area contributed by atoms with Crippen molar-refractivity contribution >= 4 is 19.5 Å². The molecule has 1 atom stereocenters. The van der Waals surface area contributed by atoms with E-state index in [1.807, 2.05) is 24.3 Å². The molecule has 3 aromatic rings. The largest absolute Gasteiger partial charge is 0.543 e. The minimum absolute atomic E-state index is 0.103. The van der Waals surface area contributed by atoms with Gasteiger partial charge in [-0.05, 0) is 104 Å². The van der Waals surface area contributed by atoms with Crippen LogP contribution in [0.4, 0.5) is 0 Å². The van der Waals surface area contributed by atoms with Crippen LogP contribution >= 0.6 is 0 Å². The van der Waals surface area contributed by atoms with Crippen molar-refractivity contribution in [2.24, 2.45) is 0 Å². The molecule has 2 aliphatic heterocycles. The van der Waals surface area contributed by atoms with Gasteiger partial charge in [-0.25, -0.2) is 0 Å². The summed E-state index contributed by atoms with van der Waals surface area (Å²) in [6, 6.07) is 21.9. The molecule has 0 saturated carbocycles. The summed E-state index contributed by atoms with van der Waals surface area (Å²) in [5.41, 5.74) is 5.39. The van der Waals surface area contributed by atoms with E-state index in [1.54, 1.807) is 12.1 Å². The van der Waals surface area contributed by atoms with Crippen molar-refractivity contribution in [3.05, 3.63) is 83.4 Å². The van der Waals surface area contributed by atoms with E-state index in [-0.39, 0.29) is 16.9 Å². The van der Waals surface area contributed by atoms with E-state index in [0.717, 1.165) is 51.6 Å². The summed E-state index contributed by atoms with van der Waals surface area (Å²) >= 11 is 0. The average molecular weight is 572 g/mol. The molecule has 1 N–H and O–H groups in total. The average Bonchev–Trinajstić information content (AvgIpc) is 2.94. The van der Waals surface area contributed by atoms with Gasteiger partial charge in [-0.15, -0.1) is 0 Å². The highest BCUT2D eigenvalue weighted by molar-refractivity contribution is 6.74. The monoisotopic (exact) mass is 571 g/mol. The van der Waals surface area contributed by atoms with Crippen molar-refractivity contribution in [1.82, 2.24) is 4.90 Å². The Hall–Kier alpha value is -3.22. The maximum atomic E-state index is 9.95. The van der Waals surface area contributed by atoms with Crippen LogP contribution in [0.15, 0.2) is 66.7 Å². The van der Waals surface area contributed by atoms with Crippen LogP contribution in [0.3, 0.4) is 0 Å². The topological polar surface area (TPSA) is 51.2 Å². The molecular weight excluding hydrogens is 526 g/mol. The number of phenolic OH excluding ortho intramolecular Hbond substituents is 1. The molecule has 0 bridgehead atoms. The standard InChI is InChI=1S/C35H45NO4Si/c1-25-31-19-18-30(40-41(5,6)35(2,3)4)24-32(31)39-34(33(25)26-10-14-28(37)15-11-26)27-12-16-29(17-13-27)38-23-22-36-20-8-7-9-21-36/h10-19,24,34,37H,7-9,20-23H2,1-6H3/t34-/m0/s1. The van der Waals surface area contributed by atoms with E-state index < -0.39 is 8.32 Å². The summed E-state index contributed by atoms with van der Waals surface area (Å²) in [6.45, 7) is 17.5. The Balaban J connectivity index is 1.42. The Bertz CT molecular complexity index is 1370. The fourth-order valence-electron chi connectivity index (χ4n) is 5.41. The number of phenols is 1. The quantitative estimate of drug-likeness (QED) is 0.274. The normalized spacial score (nSPS) is 18.0. The van der Waals surface area contributed by atoms with Crippen molar-refractivity contribution in [2.75, 3.05) is 26.2 Å². The summed E-state index contributed by atoms with van der Waals surface area (Å²) in [5.74, 6) is 2.80. The van der Waals surface area contributed by atoms with Crippen molar-refractivity contribution in [3.63, 3.8) is 0 Å². The maximum absolute atomic E-state index is 9.95. The van der Waals surface area contributed by atoms with E-state index in [9.17, 15) is 5.11 Å². The van der Waals surface area contributed by atoms with Gasteiger partial charge in [0.05, 0.1) is 0 Å². The van der Waals surface area contributed by atoms with Gasteiger partial charge in [0.15, 0.2) is 0 Å². The Morgan fingerprint density at radius 3 is 2.22 bits per heavy atom.